The first kappa shape index (κ1) is 14.8. The summed E-state index contributed by atoms with van der Waals surface area (Å²) >= 11 is 0. The van der Waals surface area contributed by atoms with Gasteiger partial charge >= 0.3 is 5.97 Å². The molecular formula is C16H18N2O3. The molecule has 0 saturated carbocycles. The van der Waals surface area contributed by atoms with Gasteiger partial charge in [0.2, 0.25) is 0 Å². The number of hydrogen-bond acceptors (Lipinski definition) is 5. The second-order valence-electron chi connectivity index (χ2n) is 4.50. The number of nitrogens with zero attached hydrogens (tertiary/aromatic N) is 1. The van der Waals surface area contributed by atoms with Crippen molar-refractivity contribution in [1.82, 2.24) is 4.98 Å². The molecule has 0 atom stereocenters. The summed E-state index contributed by atoms with van der Waals surface area (Å²) in [7, 11) is 0. The first-order valence-corrected chi connectivity index (χ1v) is 6.84. The van der Waals surface area contributed by atoms with E-state index in [4.69, 9.17) is 4.74 Å². The fourth-order valence-corrected chi connectivity index (χ4v) is 1.83. The van der Waals surface area contributed by atoms with E-state index in [1.165, 1.54) is 6.20 Å². The van der Waals surface area contributed by atoms with E-state index >= 15 is 0 Å². The quantitative estimate of drug-likeness (QED) is 0.799. The summed E-state index contributed by atoms with van der Waals surface area (Å²) < 4.78 is 4.90. The third-order valence-corrected chi connectivity index (χ3v) is 2.93. The maximum absolute atomic E-state index is 11.5. The second kappa shape index (κ2) is 7.28. The molecule has 1 heterocycles. The van der Waals surface area contributed by atoms with Crippen LogP contribution in [-0.2, 0) is 11.2 Å². The normalized spacial score (nSPS) is 10.1. The SMILES string of the molecule is CCOC(=O)c1ccc(NCCc2ccc(O)cc2)nc1. The van der Waals surface area contributed by atoms with Crippen LogP contribution in [0.5, 0.6) is 5.75 Å². The average Bonchev–Trinajstić information content (AvgIpc) is 2.50. The minimum absolute atomic E-state index is 0.267. The van der Waals surface area contributed by atoms with Gasteiger partial charge in [-0.1, -0.05) is 12.1 Å². The molecule has 1 aromatic heterocycles. The summed E-state index contributed by atoms with van der Waals surface area (Å²) in [4.78, 5) is 15.7. The first-order chi connectivity index (χ1) is 10.2. The van der Waals surface area contributed by atoms with Gasteiger partial charge in [-0.05, 0) is 43.2 Å². The number of benzene rings is 1. The molecule has 0 amide bonds. The number of phenols is 1. The van der Waals surface area contributed by atoms with Crippen molar-refractivity contribution in [3.8, 4) is 5.75 Å². The van der Waals surface area contributed by atoms with Crippen molar-refractivity contribution in [2.45, 2.75) is 13.3 Å². The number of hydrogen-bond donors (Lipinski definition) is 2. The zero-order valence-electron chi connectivity index (χ0n) is 11.9. The lowest BCUT2D eigenvalue weighted by Crippen LogP contribution is -2.08. The Balaban J connectivity index is 1.83. The van der Waals surface area contributed by atoms with E-state index in [0.29, 0.717) is 18.0 Å². The smallest absolute Gasteiger partial charge is 0.339 e. The molecule has 0 bridgehead atoms. The molecule has 110 valence electrons. The van der Waals surface area contributed by atoms with Crippen molar-refractivity contribution < 1.29 is 14.6 Å². The van der Waals surface area contributed by atoms with Crippen LogP contribution >= 0.6 is 0 Å². The molecule has 0 saturated heterocycles. The van der Waals surface area contributed by atoms with E-state index in [-0.39, 0.29) is 11.7 Å². The highest BCUT2D eigenvalue weighted by molar-refractivity contribution is 5.89. The lowest BCUT2D eigenvalue weighted by Gasteiger charge is -2.07. The van der Waals surface area contributed by atoms with E-state index in [2.05, 4.69) is 10.3 Å². The van der Waals surface area contributed by atoms with Crippen LogP contribution in [0.25, 0.3) is 0 Å². The van der Waals surface area contributed by atoms with Crippen LogP contribution in [0.3, 0.4) is 0 Å². The molecule has 0 aliphatic heterocycles. The Hall–Kier alpha value is -2.56. The third kappa shape index (κ3) is 4.49. The molecule has 2 aromatic rings. The third-order valence-electron chi connectivity index (χ3n) is 2.93. The van der Waals surface area contributed by atoms with E-state index in [9.17, 15) is 9.90 Å². The molecule has 0 fully saturated rings. The predicted octanol–water partition coefficient (Wildman–Crippen LogP) is 2.62. The Morgan fingerprint density at radius 2 is 2.00 bits per heavy atom. The van der Waals surface area contributed by atoms with E-state index in [0.717, 1.165) is 18.5 Å². The summed E-state index contributed by atoms with van der Waals surface area (Å²) in [5, 5.41) is 12.4. The molecular weight excluding hydrogens is 268 g/mol. The predicted molar refractivity (Wildman–Crippen MR) is 80.5 cm³/mol. The fraction of sp³-hybridized carbons (Fsp3) is 0.250. The number of aromatic hydroxyl groups is 1. The van der Waals surface area contributed by atoms with Crippen molar-refractivity contribution in [3.63, 3.8) is 0 Å². The molecule has 0 radical (unpaired) electrons. The van der Waals surface area contributed by atoms with Gasteiger partial charge in [-0.2, -0.15) is 0 Å². The van der Waals surface area contributed by atoms with Crippen molar-refractivity contribution in [2.75, 3.05) is 18.5 Å². The highest BCUT2D eigenvalue weighted by Crippen LogP contribution is 2.11. The summed E-state index contributed by atoms with van der Waals surface area (Å²) in [6.07, 6.45) is 2.32. The first-order valence-electron chi connectivity index (χ1n) is 6.84. The summed E-state index contributed by atoms with van der Waals surface area (Å²) in [5.41, 5.74) is 1.57. The van der Waals surface area contributed by atoms with Crippen molar-refractivity contribution in [3.05, 3.63) is 53.7 Å². The van der Waals surface area contributed by atoms with E-state index in [1.807, 2.05) is 12.1 Å². The molecule has 21 heavy (non-hydrogen) atoms. The zero-order chi connectivity index (χ0) is 15.1. The van der Waals surface area contributed by atoms with Crippen molar-refractivity contribution in [2.24, 2.45) is 0 Å². The topological polar surface area (TPSA) is 71.5 Å². The second-order valence-corrected chi connectivity index (χ2v) is 4.50. The van der Waals surface area contributed by atoms with Gasteiger partial charge in [0.1, 0.15) is 11.6 Å². The standard InChI is InChI=1S/C16H18N2O3/c1-2-21-16(20)13-5-8-15(18-11-13)17-10-9-12-3-6-14(19)7-4-12/h3-8,11,19H,2,9-10H2,1H3,(H,17,18). The van der Waals surface area contributed by atoms with Crippen LogP contribution in [-0.4, -0.2) is 29.2 Å². The van der Waals surface area contributed by atoms with Gasteiger partial charge in [0.25, 0.3) is 0 Å². The minimum atomic E-state index is -0.361. The van der Waals surface area contributed by atoms with E-state index < -0.39 is 0 Å². The lowest BCUT2D eigenvalue weighted by molar-refractivity contribution is 0.0526. The van der Waals surface area contributed by atoms with Gasteiger partial charge in [-0.3, -0.25) is 0 Å². The van der Waals surface area contributed by atoms with Gasteiger partial charge in [0.15, 0.2) is 0 Å². The number of pyridine rings is 1. The van der Waals surface area contributed by atoms with Crippen LogP contribution in [0.1, 0.15) is 22.8 Å². The molecule has 1 aromatic carbocycles. The number of ether oxygens (including phenoxy) is 1. The van der Waals surface area contributed by atoms with Crippen molar-refractivity contribution >= 4 is 11.8 Å². The maximum Gasteiger partial charge on any atom is 0.339 e. The highest BCUT2D eigenvalue weighted by atomic mass is 16.5. The Morgan fingerprint density at radius 3 is 2.62 bits per heavy atom. The Morgan fingerprint density at radius 1 is 1.24 bits per heavy atom. The van der Waals surface area contributed by atoms with Crippen LogP contribution in [0.4, 0.5) is 5.82 Å². The fourth-order valence-electron chi connectivity index (χ4n) is 1.83. The number of rotatable bonds is 6. The van der Waals surface area contributed by atoms with E-state index in [1.54, 1.807) is 31.2 Å². The summed E-state index contributed by atoms with van der Waals surface area (Å²) in [6.45, 7) is 2.84. The zero-order valence-corrected chi connectivity index (χ0v) is 11.9. The largest absolute Gasteiger partial charge is 0.508 e. The van der Waals surface area contributed by atoms with Crippen LogP contribution in [0, 0.1) is 0 Å². The minimum Gasteiger partial charge on any atom is -0.508 e. The van der Waals surface area contributed by atoms with Crippen molar-refractivity contribution in [1.29, 1.82) is 0 Å². The average molecular weight is 286 g/mol. The molecule has 0 spiro atoms. The Labute approximate surface area is 123 Å². The molecule has 2 N–H and O–H groups in total. The number of carbonyl (C=O) groups is 1. The maximum atomic E-state index is 11.5. The Kier molecular flexibility index (Phi) is 5.15. The summed E-state index contributed by atoms with van der Waals surface area (Å²) in [5.74, 6) is 0.616. The van der Waals surface area contributed by atoms with Gasteiger partial charge < -0.3 is 15.2 Å². The number of esters is 1. The number of carbonyl (C=O) groups excluding carboxylic acids is 1. The molecule has 5 nitrogen and oxygen atoms in total. The number of phenolic OH excluding ortho intramolecular Hbond substituents is 1. The summed E-state index contributed by atoms with van der Waals surface area (Å²) in [6, 6.07) is 10.5. The molecule has 0 unspecified atom stereocenters. The number of anilines is 1. The van der Waals surface area contributed by atoms with Gasteiger partial charge in [0, 0.05) is 12.7 Å². The molecule has 0 aliphatic carbocycles. The highest BCUT2D eigenvalue weighted by Gasteiger charge is 2.06. The van der Waals surface area contributed by atoms with Gasteiger partial charge in [-0.25, -0.2) is 9.78 Å². The lowest BCUT2D eigenvalue weighted by atomic mass is 10.1. The van der Waals surface area contributed by atoms with Crippen LogP contribution in [0.2, 0.25) is 0 Å². The van der Waals surface area contributed by atoms with Gasteiger partial charge in [0.05, 0.1) is 12.2 Å². The van der Waals surface area contributed by atoms with Gasteiger partial charge in [-0.15, -0.1) is 0 Å². The monoisotopic (exact) mass is 286 g/mol. The van der Waals surface area contributed by atoms with Crippen LogP contribution < -0.4 is 5.32 Å². The molecule has 2 rings (SSSR count). The molecule has 5 heteroatoms. The molecule has 0 aliphatic rings. The Bertz CT molecular complexity index is 579. The number of aromatic nitrogens is 1. The number of nitrogens with one attached hydrogen (secondary N) is 1. The van der Waals surface area contributed by atoms with Crippen LogP contribution in [0.15, 0.2) is 42.6 Å².